The molecule has 2 aliphatic rings. The van der Waals surface area contributed by atoms with E-state index < -0.39 is 0 Å². The summed E-state index contributed by atoms with van der Waals surface area (Å²) in [4.78, 5) is 14.4. The summed E-state index contributed by atoms with van der Waals surface area (Å²) in [6.07, 6.45) is 13.1. The Balaban J connectivity index is 1.60. The fourth-order valence-corrected chi connectivity index (χ4v) is 3.40. The molecule has 1 aromatic carbocycles. The van der Waals surface area contributed by atoms with Crippen molar-refractivity contribution in [1.29, 1.82) is 0 Å². The maximum atomic E-state index is 12.2. The molecule has 0 atom stereocenters. The van der Waals surface area contributed by atoms with Gasteiger partial charge in [-0.05, 0) is 30.4 Å². The maximum Gasteiger partial charge on any atom is 0.228 e. The molecule has 1 fully saturated rings. The van der Waals surface area contributed by atoms with Crippen molar-refractivity contribution in [3.63, 3.8) is 0 Å². The number of nitrogens with zero attached hydrogens (tertiary/aromatic N) is 1. The van der Waals surface area contributed by atoms with Crippen molar-refractivity contribution in [2.75, 3.05) is 19.8 Å². The van der Waals surface area contributed by atoms with Gasteiger partial charge in [0, 0.05) is 55.1 Å². The molecule has 1 saturated heterocycles. The first-order valence-corrected chi connectivity index (χ1v) is 8.88. The minimum absolute atomic E-state index is 0.0485. The van der Waals surface area contributed by atoms with E-state index in [2.05, 4.69) is 16.1 Å². The second-order valence-corrected chi connectivity index (χ2v) is 6.85. The first-order valence-electron chi connectivity index (χ1n) is 8.50. The van der Waals surface area contributed by atoms with Crippen LogP contribution in [0.5, 0.6) is 5.75 Å². The van der Waals surface area contributed by atoms with E-state index in [9.17, 15) is 9.90 Å². The lowest BCUT2D eigenvalue weighted by Gasteiger charge is -2.42. The van der Waals surface area contributed by atoms with Crippen LogP contribution < -0.4 is 5.32 Å². The number of hydrogen-bond acceptors (Lipinski definition) is 4. The third kappa shape index (κ3) is 4.04. The molecule has 0 unspecified atom stereocenters. The molecule has 0 bridgehead atoms. The highest BCUT2D eigenvalue weighted by Crippen LogP contribution is 2.29. The van der Waals surface area contributed by atoms with Gasteiger partial charge in [-0.2, -0.15) is 0 Å². The molecule has 0 saturated carbocycles. The van der Waals surface area contributed by atoms with Crippen LogP contribution in [0.3, 0.4) is 0 Å². The SMILES string of the molecule is C#CC1(N2C=CC(NC(=O)Cc3cc(Cl)ccc3O)=CC2)CCOCC1. The summed E-state index contributed by atoms with van der Waals surface area (Å²) >= 11 is 5.91. The molecule has 0 spiro atoms. The average Bonchev–Trinajstić information content (AvgIpc) is 2.66. The number of hydrogen-bond donors (Lipinski definition) is 2. The number of carbonyl (C=O) groups is 1. The van der Waals surface area contributed by atoms with Gasteiger partial charge in [-0.15, -0.1) is 6.42 Å². The van der Waals surface area contributed by atoms with Gasteiger partial charge in [0.15, 0.2) is 0 Å². The second kappa shape index (κ2) is 7.86. The third-order valence-corrected chi connectivity index (χ3v) is 4.99. The zero-order chi connectivity index (χ0) is 18.6. The smallest absolute Gasteiger partial charge is 0.228 e. The number of halogens is 1. The summed E-state index contributed by atoms with van der Waals surface area (Å²) in [6.45, 7) is 1.94. The first kappa shape index (κ1) is 18.4. The van der Waals surface area contributed by atoms with Crippen molar-refractivity contribution in [2.45, 2.75) is 24.8 Å². The predicted octanol–water partition coefficient (Wildman–Crippen LogP) is 2.60. The largest absolute Gasteiger partial charge is 0.508 e. The summed E-state index contributed by atoms with van der Waals surface area (Å²) in [5.41, 5.74) is 0.880. The lowest BCUT2D eigenvalue weighted by atomic mass is 9.88. The van der Waals surface area contributed by atoms with Crippen molar-refractivity contribution in [1.82, 2.24) is 10.2 Å². The number of allylic oxidation sites excluding steroid dienone is 1. The van der Waals surface area contributed by atoms with Crippen LogP contribution >= 0.6 is 11.6 Å². The highest BCUT2D eigenvalue weighted by molar-refractivity contribution is 6.30. The fourth-order valence-electron chi connectivity index (χ4n) is 3.20. The van der Waals surface area contributed by atoms with E-state index in [4.69, 9.17) is 22.8 Å². The van der Waals surface area contributed by atoms with Gasteiger partial charge in [0.05, 0.1) is 6.42 Å². The molecule has 0 radical (unpaired) electrons. The second-order valence-electron chi connectivity index (χ2n) is 6.41. The topological polar surface area (TPSA) is 61.8 Å². The molecule has 136 valence electrons. The Morgan fingerprint density at radius 3 is 2.85 bits per heavy atom. The van der Waals surface area contributed by atoms with Gasteiger partial charge in [0.25, 0.3) is 0 Å². The fraction of sp³-hybridized carbons (Fsp3) is 0.350. The van der Waals surface area contributed by atoms with Gasteiger partial charge < -0.3 is 20.1 Å². The van der Waals surface area contributed by atoms with Crippen molar-refractivity contribution in [3.8, 4) is 18.1 Å². The van der Waals surface area contributed by atoms with Crippen LogP contribution in [0.1, 0.15) is 18.4 Å². The van der Waals surface area contributed by atoms with Gasteiger partial charge in [0.1, 0.15) is 11.3 Å². The Labute approximate surface area is 158 Å². The Hall–Kier alpha value is -2.42. The lowest BCUT2D eigenvalue weighted by molar-refractivity contribution is -0.119. The van der Waals surface area contributed by atoms with Gasteiger partial charge in [-0.1, -0.05) is 17.5 Å². The molecule has 3 rings (SSSR count). The minimum atomic E-state index is -0.326. The van der Waals surface area contributed by atoms with E-state index in [-0.39, 0.29) is 23.6 Å². The number of nitrogens with one attached hydrogen (secondary N) is 1. The van der Waals surface area contributed by atoms with E-state index in [1.807, 2.05) is 18.4 Å². The van der Waals surface area contributed by atoms with Crippen LogP contribution in [0.4, 0.5) is 0 Å². The number of ether oxygens (including phenoxy) is 1. The number of benzene rings is 1. The Bertz CT molecular complexity index is 789. The van der Waals surface area contributed by atoms with Crippen molar-refractivity contribution >= 4 is 17.5 Å². The Kier molecular flexibility index (Phi) is 5.55. The summed E-state index contributed by atoms with van der Waals surface area (Å²) in [7, 11) is 0. The molecule has 26 heavy (non-hydrogen) atoms. The zero-order valence-electron chi connectivity index (χ0n) is 14.4. The minimum Gasteiger partial charge on any atom is -0.508 e. The molecule has 6 heteroatoms. The number of terminal acetylenes is 1. The monoisotopic (exact) mass is 372 g/mol. The predicted molar refractivity (Wildman–Crippen MR) is 101 cm³/mol. The van der Waals surface area contributed by atoms with E-state index >= 15 is 0 Å². The zero-order valence-corrected chi connectivity index (χ0v) is 15.1. The molecule has 5 nitrogen and oxygen atoms in total. The molecule has 2 aliphatic heterocycles. The third-order valence-electron chi connectivity index (χ3n) is 4.76. The normalized spacial score (nSPS) is 18.8. The number of rotatable bonds is 4. The van der Waals surface area contributed by atoms with Crippen LogP contribution in [0.2, 0.25) is 5.02 Å². The van der Waals surface area contributed by atoms with Gasteiger partial charge >= 0.3 is 0 Å². The van der Waals surface area contributed by atoms with Gasteiger partial charge in [-0.3, -0.25) is 4.79 Å². The van der Waals surface area contributed by atoms with E-state index in [1.165, 1.54) is 6.07 Å². The number of phenols is 1. The van der Waals surface area contributed by atoms with Crippen LogP contribution in [-0.2, 0) is 16.0 Å². The summed E-state index contributed by atoms with van der Waals surface area (Å²) in [5.74, 6) is 2.76. The Morgan fingerprint density at radius 2 is 2.19 bits per heavy atom. The van der Waals surface area contributed by atoms with E-state index in [1.54, 1.807) is 12.1 Å². The summed E-state index contributed by atoms with van der Waals surface area (Å²) in [6, 6.07) is 4.65. The van der Waals surface area contributed by atoms with Crippen LogP contribution in [0.15, 0.2) is 42.2 Å². The van der Waals surface area contributed by atoms with Gasteiger partial charge in [0.2, 0.25) is 5.91 Å². The highest BCUT2D eigenvalue weighted by Gasteiger charge is 2.35. The first-order chi connectivity index (χ1) is 12.5. The van der Waals surface area contributed by atoms with Gasteiger partial charge in [-0.25, -0.2) is 0 Å². The van der Waals surface area contributed by atoms with Crippen molar-refractivity contribution in [2.24, 2.45) is 0 Å². The highest BCUT2D eigenvalue weighted by atomic mass is 35.5. The molecule has 2 heterocycles. The summed E-state index contributed by atoms with van der Waals surface area (Å²) < 4.78 is 5.42. The van der Waals surface area contributed by atoms with E-state index in [0.29, 0.717) is 36.0 Å². The molecule has 0 aliphatic carbocycles. The molecule has 1 amide bonds. The van der Waals surface area contributed by atoms with Crippen LogP contribution in [0.25, 0.3) is 0 Å². The quantitative estimate of drug-likeness (QED) is 0.797. The molecule has 2 N–H and O–H groups in total. The molecular weight excluding hydrogens is 352 g/mol. The Morgan fingerprint density at radius 1 is 1.42 bits per heavy atom. The maximum absolute atomic E-state index is 12.2. The number of aromatic hydroxyl groups is 1. The van der Waals surface area contributed by atoms with Crippen LogP contribution in [0, 0.1) is 12.3 Å². The molecule has 1 aromatic rings. The van der Waals surface area contributed by atoms with Crippen molar-refractivity contribution in [3.05, 3.63) is 52.8 Å². The number of phenolic OH excluding ortho intramolecular Hbond substituents is 1. The van der Waals surface area contributed by atoms with Crippen molar-refractivity contribution < 1.29 is 14.6 Å². The van der Waals surface area contributed by atoms with Crippen LogP contribution in [-0.4, -0.2) is 41.2 Å². The number of amides is 1. The van der Waals surface area contributed by atoms with E-state index in [0.717, 1.165) is 12.8 Å². The standard InChI is InChI=1S/C20H21ClN2O3/c1-2-20(7-11-26-12-8-20)23-9-5-17(6-10-23)22-19(25)14-15-13-16(21)3-4-18(15)24/h1,3-6,9,13,24H,7-8,10-12,14H2,(H,22,25). The molecular formula is C20H21ClN2O3. The number of carbonyl (C=O) groups excluding carboxylic acids is 1. The average molecular weight is 373 g/mol. The lowest BCUT2D eigenvalue weighted by Crippen LogP contribution is -2.49. The summed E-state index contributed by atoms with van der Waals surface area (Å²) in [5, 5.41) is 13.1. The molecule has 0 aromatic heterocycles.